The fourth-order valence-electron chi connectivity index (χ4n) is 4.13. The van der Waals surface area contributed by atoms with Crippen LogP contribution in [0.4, 0.5) is 4.79 Å². The van der Waals surface area contributed by atoms with Gasteiger partial charge in [-0.2, -0.15) is 0 Å². The average Bonchev–Trinajstić information content (AvgIpc) is 2.88. The van der Waals surface area contributed by atoms with E-state index in [9.17, 15) is 19.5 Å². The lowest BCUT2D eigenvalue weighted by Crippen LogP contribution is -2.56. The van der Waals surface area contributed by atoms with Crippen LogP contribution in [0, 0.1) is 0 Å². The second-order valence-corrected chi connectivity index (χ2v) is 9.34. The summed E-state index contributed by atoms with van der Waals surface area (Å²) in [6, 6.07) is 19.3. The van der Waals surface area contributed by atoms with Gasteiger partial charge in [0, 0.05) is 22.9 Å². The summed E-state index contributed by atoms with van der Waals surface area (Å²) < 4.78 is 5.50. The lowest BCUT2D eigenvalue weighted by atomic mass is 9.93. The van der Waals surface area contributed by atoms with E-state index in [1.54, 1.807) is 12.1 Å². The van der Waals surface area contributed by atoms with Crippen molar-refractivity contribution in [1.82, 2.24) is 10.2 Å². The largest absolute Gasteiger partial charge is 0.480 e. The van der Waals surface area contributed by atoms with Crippen LogP contribution in [0.15, 0.2) is 72.8 Å². The second kappa shape index (κ2) is 11.5. The lowest BCUT2D eigenvalue weighted by Gasteiger charge is -2.35. The summed E-state index contributed by atoms with van der Waals surface area (Å²) in [7, 11) is 0. The third-order valence-corrected chi connectivity index (χ3v) is 6.63. The first-order valence-electron chi connectivity index (χ1n) is 11.3. The number of carbonyl (C=O) groups is 3. The maximum absolute atomic E-state index is 13.4. The first-order chi connectivity index (χ1) is 17.3. The summed E-state index contributed by atoms with van der Waals surface area (Å²) in [6.07, 6.45) is -0.462. The monoisotopic (exact) mass is 526 g/mol. The Morgan fingerprint density at radius 1 is 1.00 bits per heavy atom. The molecule has 0 saturated heterocycles. The van der Waals surface area contributed by atoms with Crippen molar-refractivity contribution < 1.29 is 24.2 Å². The van der Waals surface area contributed by atoms with Gasteiger partial charge in [-0.1, -0.05) is 83.9 Å². The molecule has 2 atom stereocenters. The highest BCUT2D eigenvalue weighted by molar-refractivity contribution is 6.35. The predicted molar refractivity (Wildman–Crippen MR) is 136 cm³/mol. The quantitative estimate of drug-likeness (QED) is 0.457. The summed E-state index contributed by atoms with van der Waals surface area (Å²) in [5, 5.41) is 13.1. The summed E-state index contributed by atoms with van der Waals surface area (Å²) in [4.78, 5) is 39.8. The van der Waals surface area contributed by atoms with Crippen LogP contribution in [0.2, 0.25) is 10.0 Å². The topological polar surface area (TPSA) is 95.9 Å². The lowest BCUT2D eigenvalue weighted by molar-refractivity contribution is -0.142. The fourth-order valence-corrected chi connectivity index (χ4v) is 4.61. The zero-order chi connectivity index (χ0) is 25.7. The van der Waals surface area contributed by atoms with Gasteiger partial charge >= 0.3 is 12.1 Å². The first kappa shape index (κ1) is 25.5. The molecule has 4 rings (SSSR count). The number of ether oxygens (including phenoxy) is 1. The predicted octanol–water partition coefficient (Wildman–Crippen LogP) is 4.87. The van der Waals surface area contributed by atoms with E-state index in [1.807, 2.05) is 54.6 Å². The number of amides is 2. The van der Waals surface area contributed by atoms with E-state index in [2.05, 4.69) is 5.32 Å². The van der Waals surface area contributed by atoms with Crippen LogP contribution >= 0.6 is 23.2 Å². The maximum Gasteiger partial charge on any atom is 0.411 e. The Kier molecular flexibility index (Phi) is 8.13. The van der Waals surface area contributed by atoms with E-state index in [0.717, 1.165) is 16.7 Å². The van der Waals surface area contributed by atoms with Crippen LogP contribution in [0.3, 0.4) is 0 Å². The van der Waals surface area contributed by atoms with Crippen molar-refractivity contribution in [1.29, 1.82) is 0 Å². The van der Waals surface area contributed by atoms with Crippen molar-refractivity contribution >= 4 is 41.2 Å². The molecule has 3 aromatic carbocycles. The Balaban J connectivity index is 1.52. The van der Waals surface area contributed by atoms with Gasteiger partial charge in [0.1, 0.15) is 18.7 Å². The summed E-state index contributed by atoms with van der Waals surface area (Å²) in [5.74, 6) is -1.80. The van der Waals surface area contributed by atoms with Gasteiger partial charge in [0.25, 0.3) is 0 Å². The molecule has 1 aliphatic rings. The molecule has 9 heteroatoms. The van der Waals surface area contributed by atoms with Gasteiger partial charge in [-0.25, -0.2) is 9.59 Å². The molecule has 186 valence electrons. The van der Waals surface area contributed by atoms with Gasteiger partial charge in [-0.15, -0.1) is 0 Å². The first-order valence-corrected chi connectivity index (χ1v) is 12.1. The van der Waals surface area contributed by atoms with Crippen molar-refractivity contribution in [3.05, 3.63) is 105 Å². The molecule has 7 nitrogen and oxygen atoms in total. The van der Waals surface area contributed by atoms with Gasteiger partial charge in [-0.3, -0.25) is 9.69 Å². The smallest absolute Gasteiger partial charge is 0.411 e. The average molecular weight is 527 g/mol. The molecule has 1 heterocycles. The Bertz CT molecular complexity index is 1270. The number of halogens is 2. The standard InChI is InChI=1S/C27H24Cl2N2O5/c28-21-11-10-19(22(29)14-21)12-23(26(33)34)30-25(32)24-13-18-8-4-5-9-20(18)15-31(24)27(35)36-16-17-6-2-1-3-7-17/h1-11,14,23-24H,12-13,15-16H2,(H,30,32)(H,33,34)/t23-,24+/m1/s1. The van der Waals surface area contributed by atoms with Gasteiger partial charge in [0.2, 0.25) is 5.91 Å². The minimum Gasteiger partial charge on any atom is -0.480 e. The molecule has 0 aliphatic carbocycles. The van der Waals surface area contributed by atoms with Crippen molar-refractivity contribution in [2.24, 2.45) is 0 Å². The van der Waals surface area contributed by atoms with E-state index in [-0.39, 0.29) is 26.0 Å². The number of benzene rings is 3. The van der Waals surface area contributed by atoms with Crippen molar-refractivity contribution in [3.8, 4) is 0 Å². The third-order valence-electron chi connectivity index (χ3n) is 6.04. The molecular weight excluding hydrogens is 503 g/mol. The zero-order valence-corrected chi connectivity index (χ0v) is 20.7. The zero-order valence-electron chi connectivity index (χ0n) is 19.2. The van der Waals surface area contributed by atoms with Crippen LogP contribution in [-0.4, -0.2) is 40.1 Å². The molecule has 1 aliphatic heterocycles. The minimum absolute atomic E-state index is 0.0428. The van der Waals surface area contributed by atoms with Crippen LogP contribution in [0.1, 0.15) is 22.3 Å². The number of carboxylic acid groups (broad SMARTS) is 1. The molecule has 0 saturated carbocycles. The highest BCUT2D eigenvalue weighted by Gasteiger charge is 2.37. The van der Waals surface area contributed by atoms with Crippen LogP contribution in [0.25, 0.3) is 0 Å². The molecule has 36 heavy (non-hydrogen) atoms. The third kappa shape index (κ3) is 6.17. The summed E-state index contributed by atoms with van der Waals surface area (Å²) in [6.45, 7) is 0.224. The Morgan fingerprint density at radius 3 is 2.39 bits per heavy atom. The van der Waals surface area contributed by atoms with E-state index < -0.39 is 30.1 Å². The molecule has 2 N–H and O–H groups in total. The highest BCUT2D eigenvalue weighted by atomic mass is 35.5. The number of hydrogen-bond donors (Lipinski definition) is 2. The molecule has 3 aromatic rings. The van der Waals surface area contributed by atoms with Crippen LogP contribution in [-0.2, 0) is 40.3 Å². The molecule has 2 amide bonds. The van der Waals surface area contributed by atoms with Crippen molar-refractivity contribution in [3.63, 3.8) is 0 Å². The molecule has 0 spiro atoms. The van der Waals surface area contributed by atoms with E-state index >= 15 is 0 Å². The summed E-state index contributed by atoms with van der Waals surface area (Å²) >= 11 is 12.1. The molecule has 0 unspecified atom stereocenters. The SMILES string of the molecule is O=C(O)[C@@H](Cc1ccc(Cl)cc1Cl)NC(=O)[C@@H]1Cc2ccccc2CN1C(=O)OCc1ccccc1. The van der Waals surface area contributed by atoms with Crippen molar-refractivity contribution in [2.75, 3.05) is 0 Å². The van der Waals surface area contributed by atoms with Crippen LogP contribution in [0.5, 0.6) is 0 Å². The van der Waals surface area contributed by atoms with Crippen molar-refractivity contribution in [2.45, 2.75) is 38.1 Å². The number of hydrogen-bond acceptors (Lipinski definition) is 4. The number of fused-ring (bicyclic) bond motifs is 1. The molecular formula is C27H24Cl2N2O5. The number of carboxylic acids is 1. The van der Waals surface area contributed by atoms with Gasteiger partial charge < -0.3 is 15.2 Å². The number of aliphatic carboxylic acids is 1. The Labute approximate surface area is 218 Å². The number of nitrogens with zero attached hydrogens (tertiary/aromatic N) is 1. The fraction of sp³-hybridized carbons (Fsp3) is 0.222. The molecule has 0 fully saturated rings. The molecule has 0 bridgehead atoms. The molecule has 0 radical (unpaired) electrons. The highest BCUT2D eigenvalue weighted by Crippen LogP contribution is 2.26. The summed E-state index contributed by atoms with van der Waals surface area (Å²) in [5.41, 5.74) is 3.16. The Hall–Kier alpha value is -3.55. The van der Waals surface area contributed by atoms with Gasteiger partial charge in [0.15, 0.2) is 0 Å². The minimum atomic E-state index is -1.25. The molecule has 0 aromatic heterocycles. The van der Waals surface area contributed by atoms with E-state index in [0.29, 0.717) is 15.6 Å². The number of carbonyl (C=O) groups excluding carboxylic acids is 2. The normalized spacial score (nSPS) is 15.5. The number of rotatable bonds is 7. The van der Waals surface area contributed by atoms with Gasteiger partial charge in [0.05, 0.1) is 6.54 Å². The number of nitrogens with one attached hydrogen (secondary N) is 1. The second-order valence-electron chi connectivity index (χ2n) is 8.50. The van der Waals surface area contributed by atoms with Gasteiger partial charge in [-0.05, 0) is 34.4 Å². The van der Waals surface area contributed by atoms with Crippen LogP contribution < -0.4 is 5.32 Å². The Morgan fingerprint density at radius 2 is 1.69 bits per heavy atom. The van der Waals surface area contributed by atoms with E-state index in [1.165, 1.54) is 11.0 Å². The maximum atomic E-state index is 13.4. The van der Waals surface area contributed by atoms with E-state index in [4.69, 9.17) is 27.9 Å².